The van der Waals surface area contributed by atoms with E-state index in [0.717, 1.165) is 6.20 Å². The smallest absolute Gasteiger partial charge is 0.143 e. The van der Waals surface area contributed by atoms with E-state index in [9.17, 15) is 8.78 Å². The van der Waals surface area contributed by atoms with Gasteiger partial charge in [0.2, 0.25) is 0 Å². The van der Waals surface area contributed by atoms with Crippen LogP contribution in [0.15, 0.2) is 36.5 Å². The number of nitrogens with one attached hydrogen (secondary N) is 1. The van der Waals surface area contributed by atoms with Crippen LogP contribution in [0.3, 0.4) is 0 Å². The summed E-state index contributed by atoms with van der Waals surface area (Å²) in [4.78, 5) is 3.94. The predicted molar refractivity (Wildman–Crippen MR) is 67.3 cm³/mol. The molecule has 19 heavy (non-hydrogen) atoms. The van der Waals surface area contributed by atoms with Crippen molar-refractivity contribution in [3.05, 3.63) is 59.4 Å². The van der Waals surface area contributed by atoms with E-state index in [1.54, 1.807) is 19.1 Å². The molecule has 2 aromatic rings. The molecule has 0 aliphatic carbocycles. The highest BCUT2D eigenvalue weighted by Gasteiger charge is 2.12. The minimum atomic E-state index is -0.577. The Bertz CT molecular complexity index is 618. The highest BCUT2D eigenvalue weighted by Crippen LogP contribution is 2.22. The lowest BCUT2D eigenvalue weighted by atomic mass is 10.1. The second-order valence-electron chi connectivity index (χ2n) is 4.04. The molecule has 1 N–H and O–H groups in total. The molecule has 0 saturated heterocycles. The van der Waals surface area contributed by atoms with Gasteiger partial charge in [0.15, 0.2) is 0 Å². The van der Waals surface area contributed by atoms with E-state index >= 15 is 0 Å². The van der Waals surface area contributed by atoms with Gasteiger partial charge < -0.3 is 5.32 Å². The first kappa shape index (κ1) is 13.0. The van der Waals surface area contributed by atoms with Crippen LogP contribution in [0.25, 0.3) is 0 Å². The van der Waals surface area contributed by atoms with E-state index in [0.29, 0.717) is 11.4 Å². The lowest BCUT2D eigenvalue weighted by Gasteiger charge is -2.15. The summed E-state index contributed by atoms with van der Waals surface area (Å²) >= 11 is 0. The number of nitriles is 1. The molecule has 5 heteroatoms. The zero-order chi connectivity index (χ0) is 13.8. The Morgan fingerprint density at radius 1 is 1.26 bits per heavy atom. The molecule has 3 nitrogen and oxygen atoms in total. The largest absolute Gasteiger partial charge is 0.376 e. The fourth-order valence-electron chi connectivity index (χ4n) is 1.71. The van der Waals surface area contributed by atoms with Crippen molar-refractivity contribution in [2.75, 3.05) is 5.32 Å². The van der Waals surface area contributed by atoms with Gasteiger partial charge in [0.05, 0.1) is 23.6 Å². The summed E-state index contributed by atoms with van der Waals surface area (Å²) in [7, 11) is 0. The Labute approximate surface area is 109 Å². The number of pyridine rings is 1. The van der Waals surface area contributed by atoms with Crippen LogP contribution in [0, 0.1) is 23.0 Å². The third-order valence-electron chi connectivity index (χ3n) is 2.69. The third kappa shape index (κ3) is 2.86. The average molecular weight is 259 g/mol. The molecular formula is C14H11F2N3. The minimum absolute atomic E-state index is 0.0449. The van der Waals surface area contributed by atoms with Crippen molar-refractivity contribution in [1.82, 2.24) is 4.98 Å². The molecule has 1 atom stereocenters. The number of hydrogen-bond donors (Lipinski definition) is 1. The monoisotopic (exact) mass is 259 g/mol. The number of anilines is 1. The summed E-state index contributed by atoms with van der Waals surface area (Å²) in [5.74, 6) is -0.994. The van der Waals surface area contributed by atoms with Crippen molar-refractivity contribution in [2.24, 2.45) is 0 Å². The van der Waals surface area contributed by atoms with Crippen LogP contribution in [-0.4, -0.2) is 4.98 Å². The molecule has 0 radical (unpaired) electrons. The van der Waals surface area contributed by atoms with Crippen molar-refractivity contribution in [2.45, 2.75) is 13.0 Å². The highest BCUT2D eigenvalue weighted by molar-refractivity contribution is 5.58. The van der Waals surface area contributed by atoms with Crippen LogP contribution in [0.2, 0.25) is 0 Å². The fourth-order valence-corrected chi connectivity index (χ4v) is 1.71. The molecule has 0 spiro atoms. The zero-order valence-corrected chi connectivity index (χ0v) is 10.2. The van der Waals surface area contributed by atoms with E-state index in [-0.39, 0.29) is 11.6 Å². The lowest BCUT2D eigenvalue weighted by molar-refractivity contribution is 0.617. The topological polar surface area (TPSA) is 48.7 Å². The van der Waals surface area contributed by atoms with Crippen LogP contribution in [0.4, 0.5) is 14.5 Å². The standard InChI is InChI=1S/C14H11F2N3/c1-9(13-6-5-10(15)8-18-13)19-14-4-2-3-12(16)11(14)7-17/h2-6,8-9,19H,1H3. The summed E-state index contributed by atoms with van der Waals surface area (Å²) in [6.45, 7) is 1.80. The molecule has 96 valence electrons. The molecule has 0 amide bonds. The van der Waals surface area contributed by atoms with Crippen molar-refractivity contribution in [3.63, 3.8) is 0 Å². The van der Waals surface area contributed by atoms with Crippen molar-refractivity contribution in [3.8, 4) is 6.07 Å². The van der Waals surface area contributed by atoms with Gasteiger partial charge in [0.1, 0.15) is 23.3 Å². The van der Waals surface area contributed by atoms with E-state index in [2.05, 4.69) is 10.3 Å². The number of halogens is 2. The first-order valence-electron chi connectivity index (χ1n) is 5.68. The maximum absolute atomic E-state index is 13.4. The molecule has 1 aromatic heterocycles. The Kier molecular flexibility index (Phi) is 3.71. The molecule has 1 heterocycles. The molecule has 0 bridgehead atoms. The van der Waals surface area contributed by atoms with Gasteiger partial charge in [-0.05, 0) is 31.2 Å². The van der Waals surface area contributed by atoms with E-state index in [4.69, 9.17) is 5.26 Å². The zero-order valence-electron chi connectivity index (χ0n) is 10.2. The van der Waals surface area contributed by atoms with Gasteiger partial charge in [0.25, 0.3) is 0 Å². The summed E-state index contributed by atoms with van der Waals surface area (Å²) in [5.41, 5.74) is 0.951. The van der Waals surface area contributed by atoms with Crippen LogP contribution in [0.1, 0.15) is 24.2 Å². The summed E-state index contributed by atoms with van der Waals surface area (Å²) in [6, 6.07) is 8.74. The van der Waals surface area contributed by atoms with Crippen LogP contribution < -0.4 is 5.32 Å². The summed E-state index contributed by atoms with van der Waals surface area (Å²) < 4.78 is 26.2. The quantitative estimate of drug-likeness (QED) is 0.918. The summed E-state index contributed by atoms with van der Waals surface area (Å²) in [5, 5.41) is 11.9. The van der Waals surface area contributed by atoms with Gasteiger partial charge in [0, 0.05) is 0 Å². The Morgan fingerprint density at radius 3 is 2.68 bits per heavy atom. The second-order valence-corrected chi connectivity index (χ2v) is 4.04. The first-order valence-corrected chi connectivity index (χ1v) is 5.68. The number of aromatic nitrogens is 1. The number of rotatable bonds is 3. The van der Waals surface area contributed by atoms with Crippen LogP contribution in [-0.2, 0) is 0 Å². The van der Waals surface area contributed by atoms with Crippen molar-refractivity contribution < 1.29 is 8.78 Å². The van der Waals surface area contributed by atoms with Gasteiger partial charge in [-0.3, -0.25) is 4.98 Å². The average Bonchev–Trinajstić information content (AvgIpc) is 2.39. The fraction of sp³-hybridized carbons (Fsp3) is 0.143. The van der Waals surface area contributed by atoms with Gasteiger partial charge in [-0.15, -0.1) is 0 Å². The Morgan fingerprint density at radius 2 is 2.05 bits per heavy atom. The van der Waals surface area contributed by atoms with Gasteiger partial charge in [-0.1, -0.05) is 6.07 Å². The molecule has 1 aromatic carbocycles. The Balaban J connectivity index is 2.24. The summed E-state index contributed by atoms with van der Waals surface area (Å²) in [6.07, 6.45) is 1.12. The molecule has 0 fully saturated rings. The van der Waals surface area contributed by atoms with Gasteiger partial charge >= 0.3 is 0 Å². The Hall–Kier alpha value is -2.48. The highest BCUT2D eigenvalue weighted by atomic mass is 19.1. The molecular weight excluding hydrogens is 248 g/mol. The van der Waals surface area contributed by atoms with Crippen molar-refractivity contribution in [1.29, 1.82) is 5.26 Å². The molecule has 2 rings (SSSR count). The maximum Gasteiger partial charge on any atom is 0.143 e. The number of benzene rings is 1. The molecule has 0 aliphatic heterocycles. The second kappa shape index (κ2) is 5.44. The predicted octanol–water partition coefficient (Wildman–Crippen LogP) is 3.40. The minimum Gasteiger partial charge on any atom is -0.376 e. The SMILES string of the molecule is CC(Nc1cccc(F)c1C#N)c1ccc(F)cn1. The van der Waals surface area contributed by atoms with E-state index < -0.39 is 11.6 Å². The lowest BCUT2D eigenvalue weighted by Crippen LogP contribution is -2.10. The molecule has 1 unspecified atom stereocenters. The number of nitrogens with zero attached hydrogens (tertiary/aromatic N) is 2. The molecule has 0 aliphatic rings. The van der Waals surface area contributed by atoms with Gasteiger partial charge in [-0.2, -0.15) is 5.26 Å². The normalized spacial score (nSPS) is 11.7. The van der Waals surface area contributed by atoms with Crippen molar-refractivity contribution >= 4 is 5.69 Å². The van der Waals surface area contributed by atoms with E-state index in [1.165, 1.54) is 18.2 Å². The first-order chi connectivity index (χ1) is 9.11. The van der Waals surface area contributed by atoms with Crippen LogP contribution in [0.5, 0.6) is 0 Å². The maximum atomic E-state index is 13.4. The van der Waals surface area contributed by atoms with E-state index in [1.807, 2.05) is 6.07 Å². The van der Waals surface area contributed by atoms with Crippen LogP contribution >= 0.6 is 0 Å². The number of hydrogen-bond acceptors (Lipinski definition) is 3. The van der Waals surface area contributed by atoms with Gasteiger partial charge in [-0.25, -0.2) is 8.78 Å². The third-order valence-corrected chi connectivity index (χ3v) is 2.69. The molecule has 0 saturated carbocycles.